The van der Waals surface area contributed by atoms with Gasteiger partial charge in [-0.3, -0.25) is 9.59 Å². The van der Waals surface area contributed by atoms with Crippen molar-refractivity contribution in [1.29, 1.82) is 0 Å². The van der Waals surface area contributed by atoms with E-state index in [1.807, 2.05) is 67.6 Å². The lowest BCUT2D eigenvalue weighted by molar-refractivity contribution is -0.122. The van der Waals surface area contributed by atoms with Gasteiger partial charge in [0.2, 0.25) is 11.8 Å². The van der Waals surface area contributed by atoms with E-state index in [2.05, 4.69) is 24.3 Å². The topological polar surface area (TPSA) is 37.4 Å². The lowest BCUT2D eigenvalue weighted by atomic mass is 9.64. The molecule has 1 heterocycles. The number of carbonyl (C=O) groups is 2. The van der Waals surface area contributed by atoms with Crippen LogP contribution in [0.2, 0.25) is 0 Å². The number of hydrogen-bond donors (Lipinski definition) is 0. The Morgan fingerprint density at radius 2 is 1.07 bits per heavy atom. The molecular formula is C27H25NO2. The summed E-state index contributed by atoms with van der Waals surface area (Å²) < 4.78 is 0. The predicted molar refractivity (Wildman–Crippen MR) is 118 cm³/mol. The van der Waals surface area contributed by atoms with Gasteiger partial charge in [0.15, 0.2) is 0 Å². The first-order valence-corrected chi connectivity index (χ1v) is 10.7. The molecule has 0 unspecified atom stereocenters. The Morgan fingerprint density at radius 1 is 0.633 bits per heavy atom. The summed E-state index contributed by atoms with van der Waals surface area (Å²) in [6.07, 6.45) is 1.82. The summed E-state index contributed by atoms with van der Waals surface area (Å²) in [5, 5.41) is 0. The molecule has 0 spiro atoms. The Hall–Kier alpha value is -3.20. The van der Waals surface area contributed by atoms with Crippen molar-refractivity contribution in [3.05, 3.63) is 102 Å². The van der Waals surface area contributed by atoms with Crippen LogP contribution >= 0.6 is 0 Å². The van der Waals surface area contributed by atoms with Gasteiger partial charge in [-0.2, -0.15) is 0 Å². The smallest absolute Gasteiger partial charge is 0.238 e. The molecule has 2 aliphatic rings. The lowest BCUT2D eigenvalue weighted by Gasteiger charge is -2.37. The highest BCUT2D eigenvalue weighted by Crippen LogP contribution is 2.53. The molecule has 150 valence electrons. The molecule has 1 aliphatic heterocycles. The minimum Gasteiger partial charge on any atom is -0.274 e. The monoisotopic (exact) mass is 395 g/mol. The number of anilines is 1. The molecule has 3 nitrogen and oxygen atoms in total. The number of nitrogens with zero attached hydrogens (tertiary/aromatic N) is 1. The second-order valence-electron chi connectivity index (χ2n) is 8.46. The van der Waals surface area contributed by atoms with Crippen LogP contribution in [0, 0.1) is 18.8 Å². The molecule has 0 radical (unpaired) electrons. The number of benzene rings is 3. The highest BCUT2D eigenvalue weighted by atomic mass is 16.2. The van der Waals surface area contributed by atoms with E-state index in [1.54, 1.807) is 0 Å². The minimum absolute atomic E-state index is 0.0474. The van der Waals surface area contributed by atoms with Crippen LogP contribution in [-0.2, 0) is 9.59 Å². The highest BCUT2D eigenvalue weighted by molar-refractivity contribution is 6.23. The van der Waals surface area contributed by atoms with Crippen LogP contribution in [0.4, 0.5) is 5.69 Å². The van der Waals surface area contributed by atoms with Gasteiger partial charge in [0.25, 0.3) is 0 Å². The number of carbonyl (C=O) groups excluding carboxylic acids is 2. The number of imide groups is 1. The summed E-state index contributed by atoms with van der Waals surface area (Å²) in [6.45, 7) is 1.96. The molecule has 0 bridgehead atoms. The molecule has 2 amide bonds. The number of rotatable bonds is 3. The van der Waals surface area contributed by atoms with Gasteiger partial charge in [-0.25, -0.2) is 4.90 Å². The molecule has 3 aromatic carbocycles. The van der Waals surface area contributed by atoms with Gasteiger partial charge in [-0.05, 0) is 54.4 Å². The maximum atomic E-state index is 13.8. The Labute approximate surface area is 177 Å². The van der Waals surface area contributed by atoms with E-state index < -0.39 is 0 Å². The van der Waals surface area contributed by atoms with Crippen LogP contribution in [0.5, 0.6) is 0 Å². The molecule has 1 saturated carbocycles. The maximum absolute atomic E-state index is 13.8. The Bertz CT molecular complexity index is 1010. The maximum Gasteiger partial charge on any atom is 0.238 e. The van der Waals surface area contributed by atoms with Crippen LogP contribution in [-0.4, -0.2) is 11.8 Å². The van der Waals surface area contributed by atoms with E-state index in [9.17, 15) is 9.59 Å². The average Bonchev–Trinajstić information content (AvgIpc) is 3.06. The standard InChI is InChI=1S/C27H25NO2/c1-18-10-8-9-15-23(18)28-26(29)24-21(19-11-4-2-5-12-19)16-17-22(25(24)27(28)30)20-13-6-3-7-14-20/h2-15,21-22,24-25H,16-17H2,1H3/t21-,22-,24-,25+/m1/s1. The number of fused-ring (bicyclic) bond motifs is 1. The second kappa shape index (κ2) is 7.56. The Morgan fingerprint density at radius 3 is 1.53 bits per heavy atom. The van der Waals surface area contributed by atoms with Crippen molar-refractivity contribution in [3.8, 4) is 0 Å². The molecule has 4 atom stereocenters. The summed E-state index contributed by atoms with van der Waals surface area (Å²) in [4.78, 5) is 29.0. The van der Waals surface area contributed by atoms with Gasteiger partial charge in [-0.15, -0.1) is 0 Å². The summed E-state index contributed by atoms with van der Waals surface area (Å²) in [5.74, 6) is -0.595. The van der Waals surface area contributed by atoms with E-state index >= 15 is 0 Å². The molecule has 0 aromatic heterocycles. The molecule has 5 rings (SSSR count). The van der Waals surface area contributed by atoms with Gasteiger partial charge in [0.05, 0.1) is 17.5 Å². The Kier molecular flexibility index (Phi) is 4.74. The van der Waals surface area contributed by atoms with E-state index in [-0.39, 0.29) is 35.5 Å². The van der Waals surface area contributed by atoms with Crippen molar-refractivity contribution in [2.24, 2.45) is 11.8 Å². The molecule has 2 fully saturated rings. The minimum atomic E-state index is -0.321. The number of amides is 2. The second-order valence-corrected chi connectivity index (χ2v) is 8.46. The first-order valence-electron chi connectivity index (χ1n) is 10.7. The fourth-order valence-electron chi connectivity index (χ4n) is 5.48. The van der Waals surface area contributed by atoms with Crippen molar-refractivity contribution >= 4 is 17.5 Å². The van der Waals surface area contributed by atoms with Gasteiger partial charge in [0, 0.05) is 0 Å². The zero-order chi connectivity index (χ0) is 20.7. The Balaban J connectivity index is 1.62. The first-order chi connectivity index (χ1) is 14.7. The van der Waals surface area contributed by atoms with E-state index in [0.717, 1.165) is 35.2 Å². The van der Waals surface area contributed by atoms with Gasteiger partial charge in [-0.1, -0.05) is 78.9 Å². The highest BCUT2D eigenvalue weighted by Gasteiger charge is 2.56. The number of hydrogen-bond acceptors (Lipinski definition) is 2. The predicted octanol–water partition coefficient (Wildman–Crippen LogP) is 5.46. The van der Waals surface area contributed by atoms with Crippen LogP contribution in [0.1, 0.15) is 41.4 Å². The van der Waals surface area contributed by atoms with E-state index in [1.165, 1.54) is 4.90 Å². The largest absolute Gasteiger partial charge is 0.274 e. The van der Waals surface area contributed by atoms with E-state index in [0.29, 0.717) is 0 Å². The summed E-state index contributed by atoms with van der Waals surface area (Å²) in [7, 11) is 0. The van der Waals surface area contributed by atoms with Crippen molar-refractivity contribution in [2.75, 3.05) is 4.90 Å². The van der Waals surface area contributed by atoms with Crippen molar-refractivity contribution in [3.63, 3.8) is 0 Å². The molecule has 3 aromatic rings. The van der Waals surface area contributed by atoms with Crippen LogP contribution < -0.4 is 4.90 Å². The van der Waals surface area contributed by atoms with Crippen LogP contribution in [0.3, 0.4) is 0 Å². The third-order valence-electron chi connectivity index (χ3n) is 6.87. The first kappa shape index (κ1) is 18.8. The zero-order valence-corrected chi connectivity index (χ0v) is 17.1. The lowest BCUT2D eigenvalue weighted by Crippen LogP contribution is -2.34. The van der Waals surface area contributed by atoms with Gasteiger partial charge in [0.1, 0.15) is 0 Å². The fourth-order valence-corrected chi connectivity index (χ4v) is 5.48. The number of para-hydroxylation sites is 1. The van der Waals surface area contributed by atoms with Gasteiger partial charge < -0.3 is 0 Å². The van der Waals surface area contributed by atoms with E-state index in [4.69, 9.17) is 0 Å². The average molecular weight is 396 g/mol. The van der Waals surface area contributed by atoms with Crippen molar-refractivity contribution in [1.82, 2.24) is 0 Å². The quantitative estimate of drug-likeness (QED) is 0.552. The van der Waals surface area contributed by atoms with Crippen LogP contribution in [0.25, 0.3) is 0 Å². The SMILES string of the molecule is Cc1ccccc1N1C(=O)[C@@H]2[C@H](C1=O)[C@@H](c1ccccc1)CC[C@@H]2c1ccccc1. The summed E-state index contributed by atoms with van der Waals surface area (Å²) >= 11 is 0. The molecule has 0 N–H and O–H groups in total. The molecule has 3 heteroatoms. The summed E-state index contributed by atoms with van der Waals surface area (Å²) in [5.41, 5.74) is 3.99. The molecule has 1 saturated heterocycles. The van der Waals surface area contributed by atoms with Crippen LogP contribution in [0.15, 0.2) is 84.9 Å². The normalized spacial score (nSPS) is 26.0. The van der Waals surface area contributed by atoms with Crippen molar-refractivity contribution < 1.29 is 9.59 Å². The fraction of sp³-hybridized carbons (Fsp3) is 0.259. The van der Waals surface area contributed by atoms with Gasteiger partial charge >= 0.3 is 0 Å². The molecular weight excluding hydrogens is 370 g/mol. The number of aryl methyl sites for hydroxylation is 1. The summed E-state index contributed by atoms with van der Waals surface area (Å²) in [6, 6.07) is 28.2. The molecule has 30 heavy (non-hydrogen) atoms. The third-order valence-corrected chi connectivity index (χ3v) is 6.87. The molecule has 1 aliphatic carbocycles. The van der Waals surface area contributed by atoms with Crippen molar-refractivity contribution in [2.45, 2.75) is 31.6 Å². The third kappa shape index (κ3) is 2.97. The zero-order valence-electron chi connectivity index (χ0n) is 17.1.